The van der Waals surface area contributed by atoms with E-state index in [-0.39, 0.29) is 17.7 Å². The van der Waals surface area contributed by atoms with Crippen LogP contribution in [0, 0.1) is 3.57 Å². The van der Waals surface area contributed by atoms with Crippen molar-refractivity contribution in [3.63, 3.8) is 0 Å². The fourth-order valence-electron chi connectivity index (χ4n) is 2.37. The van der Waals surface area contributed by atoms with Gasteiger partial charge >= 0.3 is 0 Å². The number of imide groups is 1. The van der Waals surface area contributed by atoms with Crippen molar-refractivity contribution in [2.75, 3.05) is 7.11 Å². The van der Waals surface area contributed by atoms with Crippen LogP contribution in [-0.2, 0) is 11.3 Å². The van der Waals surface area contributed by atoms with Gasteiger partial charge in [0.15, 0.2) is 0 Å². The molecule has 25 heavy (non-hydrogen) atoms. The van der Waals surface area contributed by atoms with Crippen molar-refractivity contribution < 1.29 is 14.3 Å². The van der Waals surface area contributed by atoms with E-state index in [0.29, 0.717) is 10.7 Å². The van der Waals surface area contributed by atoms with E-state index in [1.165, 1.54) is 4.90 Å². The van der Waals surface area contributed by atoms with Crippen LogP contribution in [0.2, 0.25) is 0 Å². The van der Waals surface area contributed by atoms with Gasteiger partial charge in [-0.2, -0.15) is 0 Å². The molecule has 0 saturated carbocycles. The van der Waals surface area contributed by atoms with Crippen LogP contribution in [0.25, 0.3) is 6.08 Å². The van der Waals surface area contributed by atoms with Crippen molar-refractivity contribution in [2.24, 2.45) is 0 Å². The van der Waals surface area contributed by atoms with Gasteiger partial charge < -0.3 is 4.74 Å². The summed E-state index contributed by atoms with van der Waals surface area (Å²) in [6.07, 6.45) is 1.70. The lowest BCUT2D eigenvalue weighted by Gasteiger charge is -2.12. The molecule has 0 N–H and O–H groups in total. The highest BCUT2D eigenvalue weighted by Crippen LogP contribution is 2.35. The van der Waals surface area contributed by atoms with Crippen LogP contribution in [-0.4, -0.2) is 23.2 Å². The molecule has 3 rings (SSSR count). The van der Waals surface area contributed by atoms with Gasteiger partial charge in [-0.1, -0.05) is 28.1 Å². The second kappa shape index (κ2) is 7.92. The van der Waals surface area contributed by atoms with Crippen molar-refractivity contribution >= 4 is 67.5 Å². The summed E-state index contributed by atoms with van der Waals surface area (Å²) in [5.41, 5.74) is 1.67. The Labute approximate surface area is 171 Å². The van der Waals surface area contributed by atoms with Gasteiger partial charge in [0.2, 0.25) is 0 Å². The second-order valence-electron chi connectivity index (χ2n) is 5.28. The maximum Gasteiger partial charge on any atom is 0.293 e. The number of thioether (sulfide) groups is 1. The predicted molar refractivity (Wildman–Crippen MR) is 111 cm³/mol. The molecular formula is C18H13BrINO3S. The van der Waals surface area contributed by atoms with Gasteiger partial charge in [0, 0.05) is 13.6 Å². The molecule has 1 saturated heterocycles. The molecule has 1 heterocycles. The van der Waals surface area contributed by atoms with E-state index in [2.05, 4.69) is 38.5 Å². The molecule has 0 radical (unpaired) electrons. The smallest absolute Gasteiger partial charge is 0.293 e. The number of hydrogen-bond donors (Lipinski definition) is 0. The number of hydrogen-bond acceptors (Lipinski definition) is 4. The van der Waals surface area contributed by atoms with Gasteiger partial charge in [-0.3, -0.25) is 14.5 Å². The standard InChI is InChI=1S/C18H13BrINO3S/c1-24-15-7-4-13(19)8-12(15)9-16-17(22)21(18(23)25-16)10-11-2-5-14(20)6-3-11/h2-9H,10H2,1H3/b16-9-. The molecular weight excluding hydrogens is 517 g/mol. The average Bonchev–Trinajstić information content (AvgIpc) is 2.84. The van der Waals surface area contributed by atoms with Crippen molar-refractivity contribution in [3.05, 3.63) is 66.5 Å². The van der Waals surface area contributed by atoms with Gasteiger partial charge in [0.05, 0.1) is 18.6 Å². The highest BCUT2D eigenvalue weighted by molar-refractivity contribution is 14.1. The topological polar surface area (TPSA) is 46.6 Å². The van der Waals surface area contributed by atoms with E-state index in [1.54, 1.807) is 13.2 Å². The predicted octanol–water partition coefficient (Wildman–Crippen LogP) is 5.30. The molecule has 7 heteroatoms. The summed E-state index contributed by atoms with van der Waals surface area (Å²) < 4.78 is 7.30. The minimum Gasteiger partial charge on any atom is -0.496 e. The Morgan fingerprint density at radius 2 is 1.92 bits per heavy atom. The van der Waals surface area contributed by atoms with E-state index in [4.69, 9.17) is 4.74 Å². The Morgan fingerprint density at radius 1 is 1.20 bits per heavy atom. The highest BCUT2D eigenvalue weighted by Gasteiger charge is 2.35. The van der Waals surface area contributed by atoms with Crippen LogP contribution in [0.5, 0.6) is 5.75 Å². The average molecular weight is 530 g/mol. The molecule has 2 aromatic carbocycles. The lowest BCUT2D eigenvalue weighted by molar-refractivity contribution is -0.123. The number of methoxy groups -OCH3 is 1. The zero-order valence-electron chi connectivity index (χ0n) is 13.2. The lowest BCUT2D eigenvalue weighted by Crippen LogP contribution is -2.27. The van der Waals surface area contributed by atoms with Crippen LogP contribution >= 0.6 is 50.3 Å². The first kappa shape index (κ1) is 18.5. The number of carbonyl (C=O) groups is 2. The first-order valence-corrected chi connectivity index (χ1v) is 10.00. The molecule has 0 atom stereocenters. The van der Waals surface area contributed by atoms with Crippen LogP contribution in [0.3, 0.4) is 0 Å². The minimum atomic E-state index is -0.282. The summed E-state index contributed by atoms with van der Waals surface area (Å²) in [4.78, 5) is 26.6. The number of nitrogens with zero attached hydrogens (tertiary/aromatic N) is 1. The van der Waals surface area contributed by atoms with Crippen molar-refractivity contribution in [1.29, 1.82) is 0 Å². The molecule has 0 aromatic heterocycles. The maximum atomic E-state index is 12.6. The molecule has 0 aliphatic carbocycles. The molecule has 4 nitrogen and oxygen atoms in total. The monoisotopic (exact) mass is 529 g/mol. The van der Waals surface area contributed by atoms with E-state index in [1.807, 2.05) is 42.5 Å². The molecule has 2 aromatic rings. The van der Waals surface area contributed by atoms with Crippen molar-refractivity contribution in [3.8, 4) is 5.75 Å². The first-order valence-electron chi connectivity index (χ1n) is 7.31. The number of halogens is 2. The van der Waals surface area contributed by atoms with Crippen LogP contribution in [0.15, 0.2) is 51.8 Å². The summed E-state index contributed by atoms with van der Waals surface area (Å²) in [5, 5.41) is -0.260. The third-order valence-electron chi connectivity index (χ3n) is 3.61. The van der Waals surface area contributed by atoms with Crippen molar-refractivity contribution in [1.82, 2.24) is 4.90 Å². The molecule has 1 fully saturated rings. The fourth-order valence-corrected chi connectivity index (χ4v) is 3.94. The Bertz CT molecular complexity index is 867. The van der Waals surface area contributed by atoms with E-state index < -0.39 is 0 Å². The first-order chi connectivity index (χ1) is 12.0. The summed E-state index contributed by atoms with van der Waals surface area (Å²) in [6, 6.07) is 13.3. The second-order valence-corrected chi connectivity index (χ2v) is 8.44. The van der Waals surface area contributed by atoms with Crippen LogP contribution < -0.4 is 4.74 Å². The summed E-state index contributed by atoms with van der Waals surface area (Å²) in [5.74, 6) is 0.364. The van der Waals surface area contributed by atoms with Gasteiger partial charge in [-0.25, -0.2) is 0 Å². The maximum absolute atomic E-state index is 12.6. The molecule has 2 amide bonds. The Balaban J connectivity index is 1.86. The number of amides is 2. The minimum absolute atomic E-state index is 0.260. The molecule has 0 unspecified atom stereocenters. The lowest BCUT2D eigenvalue weighted by atomic mass is 10.1. The number of ether oxygens (including phenoxy) is 1. The quantitative estimate of drug-likeness (QED) is 0.398. The molecule has 1 aliphatic rings. The van der Waals surface area contributed by atoms with Crippen LogP contribution in [0.1, 0.15) is 11.1 Å². The Kier molecular flexibility index (Phi) is 5.85. The zero-order chi connectivity index (χ0) is 18.0. The number of rotatable bonds is 4. The van der Waals surface area contributed by atoms with Gasteiger partial charge in [0.1, 0.15) is 5.75 Å². The molecule has 128 valence electrons. The van der Waals surface area contributed by atoms with E-state index in [0.717, 1.165) is 30.9 Å². The number of benzene rings is 2. The van der Waals surface area contributed by atoms with Gasteiger partial charge in [0.25, 0.3) is 11.1 Å². The SMILES string of the molecule is COc1ccc(Br)cc1/C=C1\SC(=O)N(Cc2ccc(I)cc2)C1=O. The largest absolute Gasteiger partial charge is 0.496 e. The summed E-state index contributed by atoms with van der Waals surface area (Å²) >= 11 is 6.58. The number of carbonyl (C=O) groups excluding carboxylic acids is 2. The Morgan fingerprint density at radius 3 is 2.60 bits per heavy atom. The summed E-state index contributed by atoms with van der Waals surface area (Å²) in [7, 11) is 1.57. The van der Waals surface area contributed by atoms with E-state index in [9.17, 15) is 9.59 Å². The Hall–Kier alpha value is -1.32. The third-order valence-corrected chi connectivity index (χ3v) is 5.73. The molecule has 1 aliphatic heterocycles. The highest BCUT2D eigenvalue weighted by atomic mass is 127. The summed E-state index contributed by atoms with van der Waals surface area (Å²) in [6.45, 7) is 0.272. The normalized spacial score (nSPS) is 16.0. The van der Waals surface area contributed by atoms with Gasteiger partial charge in [-0.05, 0) is 76.3 Å². The van der Waals surface area contributed by atoms with Crippen molar-refractivity contribution in [2.45, 2.75) is 6.54 Å². The zero-order valence-corrected chi connectivity index (χ0v) is 17.7. The van der Waals surface area contributed by atoms with Crippen LogP contribution in [0.4, 0.5) is 4.79 Å². The molecule has 0 bridgehead atoms. The fraction of sp³-hybridized carbons (Fsp3) is 0.111. The van der Waals surface area contributed by atoms with Gasteiger partial charge in [-0.15, -0.1) is 0 Å². The molecule has 0 spiro atoms. The third kappa shape index (κ3) is 4.27. The van der Waals surface area contributed by atoms with E-state index >= 15 is 0 Å².